The van der Waals surface area contributed by atoms with Crippen molar-refractivity contribution >= 4 is 22.7 Å². The Morgan fingerprint density at radius 2 is 1.85 bits per heavy atom. The Hall–Kier alpha value is -3.58. The quantitative estimate of drug-likeness (QED) is 0.532. The highest BCUT2D eigenvalue weighted by Gasteiger charge is 2.10. The highest BCUT2D eigenvalue weighted by atomic mass is 15.0. The van der Waals surface area contributed by atoms with Gasteiger partial charge in [-0.05, 0) is 61.9 Å². The number of hydrogen-bond donors (Lipinski definition) is 1. The lowest BCUT2D eigenvalue weighted by atomic mass is 10.2. The Kier molecular flexibility index (Phi) is 3.91. The van der Waals surface area contributed by atoms with E-state index in [0.29, 0.717) is 11.4 Å². The molecule has 1 N–H and O–H groups in total. The molecule has 0 aliphatic heterocycles. The lowest BCUT2D eigenvalue weighted by Gasteiger charge is -2.07. The number of aromatic amines is 1. The molecular formula is C22H18N4. The van der Waals surface area contributed by atoms with Crippen molar-refractivity contribution in [3.05, 3.63) is 83.4 Å². The average molecular weight is 338 g/mol. The maximum absolute atomic E-state index is 9.67. The number of hydrogen-bond acceptors (Lipinski definition) is 2. The summed E-state index contributed by atoms with van der Waals surface area (Å²) in [7, 11) is 0. The Morgan fingerprint density at radius 1 is 1.08 bits per heavy atom. The van der Waals surface area contributed by atoms with Crippen molar-refractivity contribution < 1.29 is 0 Å². The van der Waals surface area contributed by atoms with Gasteiger partial charge in [-0.15, -0.1) is 0 Å². The number of benzene rings is 2. The molecule has 0 fully saturated rings. The number of H-pyrrole nitrogens is 1. The molecule has 4 aromatic rings. The van der Waals surface area contributed by atoms with Crippen LogP contribution in [-0.4, -0.2) is 14.5 Å². The van der Waals surface area contributed by atoms with Gasteiger partial charge in [0.1, 0.15) is 11.9 Å². The lowest BCUT2D eigenvalue weighted by Crippen LogP contribution is -1.95. The SMILES string of the molecule is Cc1ccc(-n2cccc2/C=C(/C#N)c2nc3ccc(C)cc3[nH]2)cc1. The molecule has 0 unspecified atom stereocenters. The van der Waals surface area contributed by atoms with E-state index in [1.807, 2.05) is 49.5 Å². The standard InChI is InChI=1S/C22H18N4/c1-15-5-8-18(9-6-15)26-11-3-4-19(26)13-17(14-23)22-24-20-10-7-16(2)12-21(20)25-22/h3-13H,1-2H3,(H,24,25)/b17-13-. The first kappa shape index (κ1) is 15.9. The van der Waals surface area contributed by atoms with Crippen molar-refractivity contribution in [1.29, 1.82) is 5.26 Å². The first-order chi connectivity index (χ1) is 12.6. The summed E-state index contributed by atoms with van der Waals surface area (Å²) in [6.07, 6.45) is 3.86. The van der Waals surface area contributed by atoms with Gasteiger partial charge in [-0.1, -0.05) is 23.8 Å². The van der Waals surface area contributed by atoms with Crippen molar-refractivity contribution in [2.75, 3.05) is 0 Å². The smallest absolute Gasteiger partial charge is 0.149 e. The van der Waals surface area contributed by atoms with E-state index in [9.17, 15) is 5.26 Å². The monoisotopic (exact) mass is 338 g/mol. The molecule has 0 saturated carbocycles. The Morgan fingerprint density at radius 3 is 2.62 bits per heavy atom. The van der Waals surface area contributed by atoms with Crippen molar-refractivity contribution in [1.82, 2.24) is 14.5 Å². The van der Waals surface area contributed by atoms with Crippen LogP contribution in [0.3, 0.4) is 0 Å². The number of rotatable bonds is 3. The number of nitrogens with zero attached hydrogens (tertiary/aromatic N) is 3. The van der Waals surface area contributed by atoms with Crippen LogP contribution in [0.15, 0.2) is 60.8 Å². The van der Waals surface area contributed by atoms with Gasteiger partial charge in [0.2, 0.25) is 0 Å². The summed E-state index contributed by atoms with van der Waals surface area (Å²) in [5.74, 6) is 0.588. The molecule has 4 nitrogen and oxygen atoms in total. The number of fused-ring (bicyclic) bond motifs is 1. The lowest BCUT2D eigenvalue weighted by molar-refractivity contribution is 1.06. The van der Waals surface area contributed by atoms with E-state index in [4.69, 9.17) is 0 Å². The molecule has 0 spiro atoms. The minimum Gasteiger partial charge on any atom is -0.337 e. The summed E-state index contributed by atoms with van der Waals surface area (Å²) in [6, 6.07) is 20.6. The first-order valence-corrected chi connectivity index (χ1v) is 8.47. The van der Waals surface area contributed by atoms with Crippen LogP contribution in [0.25, 0.3) is 28.4 Å². The highest BCUT2D eigenvalue weighted by molar-refractivity contribution is 5.90. The van der Waals surface area contributed by atoms with E-state index >= 15 is 0 Å². The molecule has 0 bridgehead atoms. The van der Waals surface area contributed by atoms with Gasteiger partial charge in [0.05, 0.1) is 16.6 Å². The van der Waals surface area contributed by atoms with Gasteiger partial charge in [0.25, 0.3) is 0 Å². The minimum absolute atomic E-state index is 0.505. The third-order valence-electron chi connectivity index (χ3n) is 4.40. The Balaban J connectivity index is 1.77. The molecule has 126 valence electrons. The number of allylic oxidation sites excluding steroid dienone is 1. The molecule has 0 radical (unpaired) electrons. The van der Waals surface area contributed by atoms with E-state index in [2.05, 4.69) is 51.8 Å². The first-order valence-electron chi connectivity index (χ1n) is 8.47. The molecule has 0 saturated heterocycles. The van der Waals surface area contributed by atoms with Gasteiger partial charge < -0.3 is 9.55 Å². The number of nitriles is 1. The summed E-state index contributed by atoms with van der Waals surface area (Å²) in [4.78, 5) is 7.82. The zero-order valence-electron chi connectivity index (χ0n) is 14.7. The second-order valence-corrected chi connectivity index (χ2v) is 6.41. The van der Waals surface area contributed by atoms with Crippen LogP contribution in [-0.2, 0) is 0 Å². The molecule has 0 atom stereocenters. The fourth-order valence-electron chi connectivity index (χ4n) is 3.00. The van der Waals surface area contributed by atoms with Crippen LogP contribution in [0.5, 0.6) is 0 Å². The average Bonchev–Trinajstić information content (AvgIpc) is 3.26. The summed E-state index contributed by atoms with van der Waals surface area (Å²) in [6.45, 7) is 4.10. The molecular weight excluding hydrogens is 320 g/mol. The zero-order chi connectivity index (χ0) is 18.1. The third kappa shape index (κ3) is 2.91. The van der Waals surface area contributed by atoms with Gasteiger partial charge in [-0.3, -0.25) is 0 Å². The normalized spacial score (nSPS) is 11.7. The summed E-state index contributed by atoms with van der Waals surface area (Å²) < 4.78 is 2.06. The number of imidazole rings is 1. The second kappa shape index (κ2) is 6.38. The molecule has 4 rings (SSSR count). The fourth-order valence-corrected chi connectivity index (χ4v) is 3.00. The van der Waals surface area contributed by atoms with E-state index in [-0.39, 0.29) is 0 Å². The maximum Gasteiger partial charge on any atom is 0.149 e. The van der Waals surface area contributed by atoms with Crippen LogP contribution in [0.1, 0.15) is 22.6 Å². The molecule has 4 heteroatoms. The molecule has 2 aromatic carbocycles. The molecule has 2 aromatic heterocycles. The van der Waals surface area contributed by atoms with E-state index in [1.54, 1.807) is 0 Å². The van der Waals surface area contributed by atoms with Crippen molar-refractivity contribution in [3.63, 3.8) is 0 Å². The molecule has 26 heavy (non-hydrogen) atoms. The Bertz CT molecular complexity index is 1150. The predicted octanol–water partition coefficient (Wildman–Crippen LogP) is 5.03. The number of aryl methyl sites for hydroxylation is 2. The third-order valence-corrected chi connectivity index (χ3v) is 4.40. The number of nitrogens with one attached hydrogen (secondary N) is 1. The van der Waals surface area contributed by atoms with E-state index in [1.165, 1.54) is 5.56 Å². The molecule has 0 amide bonds. The van der Waals surface area contributed by atoms with Gasteiger partial charge in [-0.2, -0.15) is 5.26 Å². The van der Waals surface area contributed by atoms with Crippen molar-refractivity contribution in [2.24, 2.45) is 0 Å². The highest BCUT2D eigenvalue weighted by Crippen LogP contribution is 2.22. The molecule has 0 aliphatic carbocycles. The van der Waals surface area contributed by atoms with Crippen LogP contribution >= 0.6 is 0 Å². The van der Waals surface area contributed by atoms with Crippen LogP contribution < -0.4 is 0 Å². The summed E-state index contributed by atoms with van der Waals surface area (Å²) in [5.41, 5.74) is 6.67. The second-order valence-electron chi connectivity index (χ2n) is 6.41. The van der Waals surface area contributed by atoms with Crippen molar-refractivity contribution in [2.45, 2.75) is 13.8 Å². The van der Waals surface area contributed by atoms with Gasteiger partial charge in [0.15, 0.2) is 0 Å². The van der Waals surface area contributed by atoms with Gasteiger partial charge in [0, 0.05) is 17.6 Å². The van der Waals surface area contributed by atoms with Gasteiger partial charge >= 0.3 is 0 Å². The largest absolute Gasteiger partial charge is 0.337 e. The predicted molar refractivity (Wildman–Crippen MR) is 105 cm³/mol. The van der Waals surface area contributed by atoms with Crippen molar-refractivity contribution in [3.8, 4) is 11.8 Å². The van der Waals surface area contributed by atoms with Gasteiger partial charge in [-0.25, -0.2) is 4.98 Å². The van der Waals surface area contributed by atoms with Crippen LogP contribution in [0.4, 0.5) is 0 Å². The summed E-state index contributed by atoms with van der Waals surface area (Å²) in [5, 5.41) is 9.67. The van der Waals surface area contributed by atoms with E-state index in [0.717, 1.165) is 28.0 Å². The van der Waals surface area contributed by atoms with E-state index < -0.39 is 0 Å². The molecule has 0 aliphatic rings. The van der Waals surface area contributed by atoms with Crippen LogP contribution in [0, 0.1) is 25.2 Å². The summed E-state index contributed by atoms with van der Waals surface area (Å²) >= 11 is 0. The molecule has 2 heterocycles. The zero-order valence-corrected chi connectivity index (χ0v) is 14.7. The topological polar surface area (TPSA) is 57.4 Å². The fraction of sp³-hybridized carbons (Fsp3) is 0.0909. The van der Waals surface area contributed by atoms with Crippen LogP contribution in [0.2, 0.25) is 0 Å². The Labute approximate surface area is 152 Å². The number of aromatic nitrogens is 3. The minimum atomic E-state index is 0.505. The maximum atomic E-state index is 9.67.